The molecule has 0 bridgehead atoms. The van der Waals surface area contributed by atoms with Crippen LogP contribution in [0.4, 0.5) is 0 Å². The van der Waals surface area contributed by atoms with Crippen molar-refractivity contribution in [2.24, 2.45) is 0 Å². The summed E-state index contributed by atoms with van der Waals surface area (Å²) >= 11 is 1.80. The second-order valence-corrected chi connectivity index (χ2v) is 7.15. The first kappa shape index (κ1) is 16.1. The SMILES string of the molecule is CCCc1cc2nc3ccccc3cc2c(SCc2ccccc2)n1. The molecule has 124 valence electrons. The van der Waals surface area contributed by atoms with Gasteiger partial charge in [-0.15, -0.1) is 11.8 Å². The Balaban J connectivity index is 1.80. The van der Waals surface area contributed by atoms with Gasteiger partial charge in [0.1, 0.15) is 5.03 Å². The molecule has 0 aliphatic carbocycles. The normalized spacial score (nSPS) is 11.2. The molecule has 0 aliphatic rings. The molecule has 0 atom stereocenters. The molecule has 0 N–H and O–H groups in total. The molecule has 0 radical (unpaired) electrons. The van der Waals surface area contributed by atoms with Gasteiger partial charge >= 0.3 is 0 Å². The standard InChI is InChI=1S/C22H20N2S/c1-2-8-18-14-21-19(13-17-11-6-7-12-20(17)24-21)22(23-18)25-15-16-9-4-3-5-10-16/h3-7,9-14H,2,8,15H2,1H3. The number of hydrogen-bond acceptors (Lipinski definition) is 3. The number of pyridine rings is 2. The highest BCUT2D eigenvalue weighted by molar-refractivity contribution is 7.98. The van der Waals surface area contributed by atoms with Crippen LogP contribution in [0.1, 0.15) is 24.6 Å². The minimum Gasteiger partial charge on any atom is -0.248 e. The van der Waals surface area contributed by atoms with Crippen molar-refractivity contribution in [3.05, 3.63) is 78.0 Å². The zero-order valence-electron chi connectivity index (χ0n) is 14.3. The van der Waals surface area contributed by atoms with Crippen LogP contribution in [0.15, 0.2) is 71.8 Å². The van der Waals surface area contributed by atoms with E-state index >= 15 is 0 Å². The molecule has 2 aromatic carbocycles. The molecule has 4 aromatic rings. The average molecular weight is 344 g/mol. The van der Waals surface area contributed by atoms with E-state index in [1.165, 1.54) is 10.9 Å². The summed E-state index contributed by atoms with van der Waals surface area (Å²) in [5, 5.41) is 3.41. The van der Waals surface area contributed by atoms with E-state index in [-0.39, 0.29) is 0 Å². The van der Waals surface area contributed by atoms with Crippen molar-refractivity contribution in [3.63, 3.8) is 0 Å². The van der Waals surface area contributed by atoms with Crippen molar-refractivity contribution < 1.29 is 0 Å². The number of aryl methyl sites for hydroxylation is 1. The van der Waals surface area contributed by atoms with Crippen molar-refractivity contribution in [1.82, 2.24) is 9.97 Å². The summed E-state index contributed by atoms with van der Waals surface area (Å²) in [6.45, 7) is 2.19. The number of para-hydroxylation sites is 1. The Labute approximate surface area is 152 Å². The molecule has 0 aliphatic heterocycles. The molecule has 2 aromatic heterocycles. The highest BCUT2D eigenvalue weighted by atomic mass is 32.2. The first-order chi connectivity index (χ1) is 12.3. The lowest BCUT2D eigenvalue weighted by atomic mass is 10.1. The molecule has 4 rings (SSSR count). The van der Waals surface area contributed by atoms with Crippen LogP contribution < -0.4 is 0 Å². The maximum Gasteiger partial charge on any atom is 0.106 e. The Hall–Kier alpha value is -2.39. The summed E-state index contributed by atoms with van der Waals surface area (Å²) in [7, 11) is 0. The van der Waals surface area contributed by atoms with Gasteiger partial charge in [0.05, 0.1) is 11.0 Å². The highest BCUT2D eigenvalue weighted by Crippen LogP contribution is 2.31. The van der Waals surface area contributed by atoms with Crippen LogP contribution >= 0.6 is 11.8 Å². The topological polar surface area (TPSA) is 25.8 Å². The van der Waals surface area contributed by atoms with Crippen LogP contribution in [0.25, 0.3) is 21.8 Å². The molecule has 3 heteroatoms. The van der Waals surface area contributed by atoms with Crippen molar-refractivity contribution in [2.45, 2.75) is 30.5 Å². The van der Waals surface area contributed by atoms with Crippen LogP contribution in [0.3, 0.4) is 0 Å². The highest BCUT2D eigenvalue weighted by Gasteiger charge is 2.10. The number of fused-ring (bicyclic) bond motifs is 2. The van der Waals surface area contributed by atoms with Crippen molar-refractivity contribution >= 4 is 33.6 Å². The molecule has 2 nitrogen and oxygen atoms in total. The monoisotopic (exact) mass is 344 g/mol. The van der Waals surface area contributed by atoms with Crippen LogP contribution in [-0.4, -0.2) is 9.97 Å². The van der Waals surface area contributed by atoms with Gasteiger partial charge in [0.2, 0.25) is 0 Å². The summed E-state index contributed by atoms with van der Waals surface area (Å²) in [6.07, 6.45) is 2.08. The van der Waals surface area contributed by atoms with Crippen molar-refractivity contribution in [1.29, 1.82) is 0 Å². The fraction of sp³-hybridized carbons (Fsp3) is 0.182. The minimum atomic E-state index is 0.922. The van der Waals surface area contributed by atoms with Gasteiger partial charge in [-0.2, -0.15) is 0 Å². The number of benzene rings is 2. The Kier molecular flexibility index (Phi) is 4.66. The maximum atomic E-state index is 4.94. The molecule has 0 saturated heterocycles. The average Bonchev–Trinajstić information content (AvgIpc) is 2.66. The van der Waals surface area contributed by atoms with E-state index in [0.717, 1.165) is 45.7 Å². The fourth-order valence-electron chi connectivity index (χ4n) is 3.01. The lowest BCUT2D eigenvalue weighted by Crippen LogP contribution is -1.95. The van der Waals surface area contributed by atoms with Crippen LogP contribution in [0.5, 0.6) is 0 Å². The van der Waals surface area contributed by atoms with Gasteiger partial charge in [-0.1, -0.05) is 61.9 Å². The molecule has 0 saturated carbocycles. The molecule has 0 fully saturated rings. The lowest BCUT2D eigenvalue weighted by Gasteiger charge is -2.10. The zero-order chi connectivity index (χ0) is 17.1. The quantitative estimate of drug-likeness (QED) is 0.327. The third-order valence-electron chi connectivity index (χ3n) is 4.26. The Morgan fingerprint density at radius 1 is 0.840 bits per heavy atom. The van der Waals surface area contributed by atoms with Crippen LogP contribution in [-0.2, 0) is 12.2 Å². The lowest BCUT2D eigenvalue weighted by molar-refractivity contribution is 0.867. The largest absolute Gasteiger partial charge is 0.248 e. The number of nitrogens with zero attached hydrogens (tertiary/aromatic N) is 2. The second-order valence-electron chi connectivity index (χ2n) is 6.19. The van der Waals surface area contributed by atoms with E-state index in [4.69, 9.17) is 9.97 Å². The van der Waals surface area contributed by atoms with Gasteiger partial charge in [0, 0.05) is 22.2 Å². The summed E-state index contributed by atoms with van der Waals surface area (Å²) in [5.74, 6) is 0.922. The van der Waals surface area contributed by atoms with Gasteiger partial charge in [-0.3, -0.25) is 0 Å². The van der Waals surface area contributed by atoms with E-state index in [2.05, 4.69) is 67.6 Å². The smallest absolute Gasteiger partial charge is 0.106 e. The van der Waals surface area contributed by atoms with E-state index < -0.39 is 0 Å². The third kappa shape index (κ3) is 3.52. The van der Waals surface area contributed by atoms with E-state index in [0.29, 0.717) is 0 Å². The van der Waals surface area contributed by atoms with E-state index in [9.17, 15) is 0 Å². The molecule has 0 spiro atoms. The summed E-state index contributed by atoms with van der Waals surface area (Å²) < 4.78 is 0. The van der Waals surface area contributed by atoms with Gasteiger partial charge in [-0.05, 0) is 30.2 Å². The predicted molar refractivity (Wildman–Crippen MR) is 107 cm³/mol. The van der Waals surface area contributed by atoms with E-state index in [1.54, 1.807) is 11.8 Å². The first-order valence-electron chi connectivity index (χ1n) is 8.69. The predicted octanol–water partition coefficient (Wildman–Crippen LogP) is 6.03. The minimum absolute atomic E-state index is 0.922. The van der Waals surface area contributed by atoms with Crippen LogP contribution in [0, 0.1) is 0 Å². The zero-order valence-corrected chi connectivity index (χ0v) is 15.1. The van der Waals surface area contributed by atoms with Gasteiger partial charge in [0.15, 0.2) is 0 Å². The van der Waals surface area contributed by atoms with Gasteiger partial charge in [-0.25, -0.2) is 9.97 Å². The molecule has 0 unspecified atom stereocenters. The summed E-state index contributed by atoms with van der Waals surface area (Å²) in [4.78, 5) is 9.82. The molecular formula is C22H20N2S. The van der Waals surface area contributed by atoms with Gasteiger partial charge < -0.3 is 0 Å². The maximum absolute atomic E-state index is 4.94. The van der Waals surface area contributed by atoms with Crippen LogP contribution in [0.2, 0.25) is 0 Å². The van der Waals surface area contributed by atoms with Gasteiger partial charge in [0.25, 0.3) is 0 Å². The Morgan fingerprint density at radius 2 is 1.64 bits per heavy atom. The Morgan fingerprint density at radius 3 is 2.48 bits per heavy atom. The Bertz CT molecular complexity index is 1010. The van der Waals surface area contributed by atoms with Crippen molar-refractivity contribution in [3.8, 4) is 0 Å². The number of hydrogen-bond donors (Lipinski definition) is 0. The van der Waals surface area contributed by atoms with E-state index in [1.807, 2.05) is 6.07 Å². The van der Waals surface area contributed by atoms with Crippen molar-refractivity contribution in [2.75, 3.05) is 0 Å². The number of rotatable bonds is 5. The molecular weight excluding hydrogens is 324 g/mol. The second kappa shape index (κ2) is 7.24. The third-order valence-corrected chi connectivity index (χ3v) is 5.32. The molecule has 0 amide bonds. The molecule has 2 heterocycles. The number of aromatic nitrogens is 2. The summed E-state index contributed by atoms with van der Waals surface area (Å²) in [6, 6.07) is 23.2. The number of thioether (sulfide) groups is 1. The molecule has 25 heavy (non-hydrogen) atoms. The first-order valence-corrected chi connectivity index (χ1v) is 9.68. The fourth-order valence-corrected chi connectivity index (χ4v) is 4.01. The summed E-state index contributed by atoms with van der Waals surface area (Å²) in [5.41, 5.74) is 4.54.